The molecule has 0 aliphatic carbocycles. The third-order valence-electron chi connectivity index (χ3n) is 2.67. The van der Waals surface area contributed by atoms with Gasteiger partial charge in [0.1, 0.15) is 16.4 Å². The Balaban J connectivity index is 1.95. The molecule has 0 saturated heterocycles. The number of hydrogen-bond donors (Lipinski definition) is 1. The van der Waals surface area contributed by atoms with Crippen LogP contribution in [-0.4, -0.2) is 26.5 Å². The van der Waals surface area contributed by atoms with Gasteiger partial charge < -0.3 is 5.32 Å². The standard InChI is InChI=1S/C14H13N5S/c1-2-15-14-16-8-7-12(19-14)20-13-10-5-3-4-6-11(10)17-9-18-13/h3-9H,2H2,1H3,(H,15,16,19). The van der Waals surface area contributed by atoms with Crippen LogP contribution in [0.2, 0.25) is 0 Å². The Bertz CT molecular complexity index is 726. The molecule has 0 bridgehead atoms. The van der Waals surface area contributed by atoms with E-state index in [-0.39, 0.29) is 0 Å². The highest BCUT2D eigenvalue weighted by atomic mass is 32.2. The fourth-order valence-corrected chi connectivity index (χ4v) is 2.64. The average Bonchev–Trinajstić information content (AvgIpc) is 2.48. The van der Waals surface area contributed by atoms with Crippen molar-refractivity contribution in [2.75, 3.05) is 11.9 Å². The van der Waals surface area contributed by atoms with Crippen molar-refractivity contribution in [3.63, 3.8) is 0 Å². The monoisotopic (exact) mass is 283 g/mol. The lowest BCUT2D eigenvalue weighted by molar-refractivity contribution is 1.01. The summed E-state index contributed by atoms with van der Waals surface area (Å²) in [7, 11) is 0. The molecule has 0 amide bonds. The first-order chi connectivity index (χ1) is 9.86. The van der Waals surface area contributed by atoms with Crippen molar-refractivity contribution < 1.29 is 0 Å². The number of rotatable bonds is 4. The van der Waals surface area contributed by atoms with Crippen molar-refractivity contribution in [2.24, 2.45) is 0 Å². The molecule has 1 N–H and O–H groups in total. The van der Waals surface area contributed by atoms with Crippen LogP contribution >= 0.6 is 11.8 Å². The fraction of sp³-hybridized carbons (Fsp3) is 0.143. The van der Waals surface area contributed by atoms with Crippen molar-refractivity contribution in [1.29, 1.82) is 0 Å². The zero-order valence-electron chi connectivity index (χ0n) is 10.9. The van der Waals surface area contributed by atoms with Crippen molar-refractivity contribution in [2.45, 2.75) is 17.0 Å². The van der Waals surface area contributed by atoms with Crippen molar-refractivity contribution >= 4 is 28.6 Å². The van der Waals surface area contributed by atoms with Gasteiger partial charge in [0.05, 0.1) is 5.52 Å². The summed E-state index contributed by atoms with van der Waals surface area (Å²) in [5, 5.41) is 5.89. The number of para-hydroxylation sites is 1. The number of nitrogens with zero attached hydrogens (tertiary/aromatic N) is 4. The molecular weight excluding hydrogens is 270 g/mol. The summed E-state index contributed by atoms with van der Waals surface area (Å²) < 4.78 is 0. The van der Waals surface area contributed by atoms with Gasteiger partial charge in [-0.1, -0.05) is 18.2 Å². The van der Waals surface area contributed by atoms with Crippen molar-refractivity contribution in [3.05, 3.63) is 42.9 Å². The maximum absolute atomic E-state index is 4.44. The minimum Gasteiger partial charge on any atom is -0.354 e. The van der Waals surface area contributed by atoms with E-state index in [2.05, 4.69) is 25.3 Å². The smallest absolute Gasteiger partial charge is 0.223 e. The van der Waals surface area contributed by atoms with Crippen molar-refractivity contribution in [1.82, 2.24) is 19.9 Å². The molecule has 20 heavy (non-hydrogen) atoms. The summed E-state index contributed by atoms with van der Waals surface area (Å²) in [6, 6.07) is 9.83. The Kier molecular flexibility index (Phi) is 3.73. The topological polar surface area (TPSA) is 63.6 Å². The van der Waals surface area contributed by atoms with Gasteiger partial charge in [-0.25, -0.2) is 19.9 Å². The Labute approximate surface area is 120 Å². The molecule has 3 rings (SSSR count). The number of benzene rings is 1. The molecule has 0 aliphatic heterocycles. The number of nitrogens with one attached hydrogen (secondary N) is 1. The summed E-state index contributed by atoms with van der Waals surface area (Å²) in [5.74, 6) is 0.635. The largest absolute Gasteiger partial charge is 0.354 e. The van der Waals surface area contributed by atoms with Crippen LogP contribution in [0.25, 0.3) is 10.9 Å². The molecule has 0 fully saturated rings. The number of fused-ring (bicyclic) bond motifs is 1. The van der Waals surface area contributed by atoms with Crippen LogP contribution < -0.4 is 5.32 Å². The zero-order valence-corrected chi connectivity index (χ0v) is 11.8. The second kappa shape index (κ2) is 5.83. The van der Waals surface area contributed by atoms with Gasteiger partial charge in [0, 0.05) is 18.1 Å². The lowest BCUT2D eigenvalue weighted by atomic mass is 10.2. The first-order valence-electron chi connectivity index (χ1n) is 6.31. The van der Waals surface area contributed by atoms with Crippen LogP contribution in [0.15, 0.2) is 52.9 Å². The fourth-order valence-electron chi connectivity index (χ4n) is 1.80. The maximum Gasteiger partial charge on any atom is 0.223 e. The van der Waals surface area contributed by atoms with Gasteiger partial charge in [-0.15, -0.1) is 0 Å². The first kappa shape index (κ1) is 12.8. The molecule has 2 aromatic heterocycles. The highest BCUT2D eigenvalue weighted by Gasteiger charge is 2.07. The van der Waals surface area contributed by atoms with Crippen LogP contribution in [0, 0.1) is 0 Å². The lowest BCUT2D eigenvalue weighted by Gasteiger charge is -2.05. The second-order valence-electron chi connectivity index (χ2n) is 4.05. The highest BCUT2D eigenvalue weighted by Crippen LogP contribution is 2.29. The van der Waals surface area contributed by atoms with Crippen LogP contribution in [0.3, 0.4) is 0 Å². The van der Waals surface area contributed by atoms with Gasteiger partial charge in [0.15, 0.2) is 0 Å². The summed E-state index contributed by atoms with van der Waals surface area (Å²) in [4.78, 5) is 17.2. The minimum atomic E-state index is 0.635. The van der Waals surface area contributed by atoms with E-state index in [1.165, 1.54) is 11.8 Å². The summed E-state index contributed by atoms with van der Waals surface area (Å²) in [6.45, 7) is 2.81. The van der Waals surface area contributed by atoms with E-state index >= 15 is 0 Å². The number of anilines is 1. The molecule has 3 aromatic rings. The van der Waals surface area contributed by atoms with Crippen LogP contribution in [-0.2, 0) is 0 Å². The Morgan fingerprint density at radius 2 is 2.00 bits per heavy atom. The van der Waals surface area contributed by atoms with E-state index in [0.29, 0.717) is 5.95 Å². The third-order valence-corrected chi connectivity index (χ3v) is 3.63. The second-order valence-corrected chi connectivity index (χ2v) is 5.06. The maximum atomic E-state index is 4.44. The predicted octanol–water partition coefficient (Wildman–Crippen LogP) is 3.00. The summed E-state index contributed by atoms with van der Waals surface area (Å²) in [6.07, 6.45) is 3.33. The summed E-state index contributed by atoms with van der Waals surface area (Å²) >= 11 is 1.51. The molecule has 100 valence electrons. The van der Waals surface area contributed by atoms with E-state index in [1.807, 2.05) is 37.3 Å². The SMILES string of the molecule is CCNc1nccc(Sc2ncnc3ccccc23)n1. The molecule has 0 atom stereocenters. The molecular formula is C14H13N5S. The van der Waals surface area contributed by atoms with Gasteiger partial charge in [-0.2, -0.15) is 0 Å². The Hall–Kier alpha value is -2.21. The Morgan fingerprint density at radius 3 is 2.90 bits per heavy atom. The molecule has 2 heterocycles. The van der Waals surface area contributed by atoms with Crippen LogP contribution in [0.5, 0.6) is 0 Å². The highest BCUT2D eigenvalue weighted by molar-refractivity contribution is 7.99. The van der Waals surface area contributed by atoms with Crippen LogP contribution in [0.4, 0.5) is 5.95 Å². The summed E-state index contributed by atoms with van der Waals surface area (Å²) in [5.41, 5.74) is 0.936. The molecule has 5 nitrogen and oxygen atoms in total. The molecule has 0 unspecified atom stereocenters. The number of hydrogen-bond acceptors (Lipinski definition) is 6. The zero-order chi connectivity index (χ0) is 13.8. The van der Waals surface area contributed by atoms with E-state index in [1.54, 1.807) is 12.5 Å². The van der Waals surface area contributed by atoms with Gasteiger partial charge in [-0.3, -0.25) is 0 Å². The van der Waals surface area contributed by atoms with E-state index in [0.717, 1.165) is 27.5 Å². The van der Waals surface area contributed by atoms with Gasteiger partial charge in [0.2, 0.25) is 5.95 Å². The van der Waals surface area contributed by atoms with E-state index in [4.69, 9.17) is 0 Å². The van der Waals surface area contributed by atoms with Gasteiger partial charge in [-0.05, 0) is 30.8 Å². The molecule has 0 saturated carbocycles. The van der Waals surface area contributed by atoms with Gasteiger partial charge in [0.25, 0.3) is 0 Å². The predicted molar refractivity (Wildman–Crippen MR) is 79.9 cm³/mol. The normalized spacial score (nSPS) is 10.7. The Morgan fingerprint density at radius 1 is 1.10 bits per heavy atom. The number of aromatic nitrogens is 4. The third kappa shape index (κ3) is 2.70. The van der Waals surface area contributed by atoms with E-state index in [9.17, 15) is 0 Å². The minimum absolute atomic E-state index is 0.635. The molecule has 0 aliphatic rings. The molecule has 1 aromatic carbocycles. The van der Waals surface area contributed by atoms with E-state index < -0.39 is 0 Å². The van der Waals surface area contributed by atoms with Crippen LogP contribution in [0.1, 0.15) is 6.92 Å². The first-order valence-corrected chi connectivity index (χ1v) is 7.13. The quantitative estimate of drug-likeness (QED) is 0.743. The average molecular weight is 283 g/mol. The lowest BCUT2D eigenvalue weighted by Crippen LogP contribution is -2.01. The van der Waals surface area contributed by atoms with Crippen molar-refractivity contribution in [3.8, 4) is 0 Å². The van der Waals surface area contributed by atoms with Gasteiger partial charge >= 0.3 is 0 Å². The molecule has 0 spiro atoms. The molecule has 6 heteroatoms. The molecule has 0 radical (unpaired) electrons.